The molecular formula is C54H28N4. The van der Waals surface area contributed by atoms with Gasteiger partial charge in [0.15, 0.2) is 11.5 Å². The molecule has 1 heterocycles. The number of aromatic nitrogens is 2. The molecule has 11 aromatic carbocycles. The first-order valence-corrected chi connectivity index (χ1v) is 19.3. The van der Waals surface area contributed by atoms with Crippen molar-refractivity contribution in [3.63, 3.8) is 0 Å². The summed E-state index contributed by atoms with van der Waals surface area (Å²) in [6.07, 6.45) is 0. The Kier molecular flexibility index (Phi) is 6.73. The summed E-state index contributed by atoms with van der Waals surface area (Å²) in [6.45, 7) is 7.87. The van der Waals surface area contributed by atoms with Gasteiger partial charge in [0.25, 0.3) is 0 Å². The molecule has 12 aromatic rings. The number of hydrogen-bond donors (Lipinski definition) is 0. The monoisotopic (exact) mass is 732 g/mol. The molecule has 0 N–H and O–H groups in total. The fourth-order valence-electron chi connectivity index (χ4n) is 9.35. The van der Waals surface area contributed by atoms with E-state index >= 15 is 0 Å². The van der Waals surface area contributed by atoms with Crippen LogP contribution in [0.5, 0.6) is 0 Å². The first kappa shape index (κ1) is 32.1. The number of fused-ring (bicyclic) bond motifs is 1. The van der Waals surface area contributed by atoms with Crippen molar-refractivity contribution in [2.24, 2.45) is 0 Å². The highest BCUT2D eigenvalue weighted by Gasteiger charge is 2.22. The Balaban J connectivity index is 1.25. The van der Waals surface area contributed by atoms with Crippen molar-refractivity contribution in [2.45, 2.75) is 0 Å². The number of nitrogens with zero attached hydrogens (tertiary/aromatic N) is 4. The number of nitriles is 1. The fourth-order valence-corrected chi connectivity index (χ4v) is 9.35. The first-order valence-electron chi connectivity index (χ1n) is 19.3. The number of hydrogen-bond acceptors (Lipinski definition) is 3. The lowest BCUT2D eigenvalue weighted by Gasteiger charge is -2.19. The van der Waals surface area contributed by atoms with Gasteiger partial charge in [-0.15, -0.1) is 0 Å². The summed E-state index contributed by atoms with van der Waals surface area (Å²) in [6, 6.07) is 61.8. The largest absolute Gasteiger partial charge is 0.238 e. The molecule has 0 unspecified atom stereocenters. The summed E-state index contributed by atoms with van der Waals surface area (Å²) in [5.41, 5.74) is 8.41. The first-order chi connectivity index (χ1) is 28.6. The van der Waals surface area contributed by atoms with Crippen molar-refractivity contribution in [3.05, 3.63) is 187 Å². The summed E-state index contributed by atoms with van der Waals surface area (Å²) in [4.78, 5) is 14.5. The van der Waals surface area contributed by atoms with Crippen LogP contribution in [0, 0.1) is 17.9 Å². The zero-order valence-electron chi connectivity index (χ0n) is 31.0. The predicted molar refractivity (Wildman–Crippen MR) is 240 cm³/mol. The summed E-state index contributed by atoms with van der Waals surface area (Å²) in [5.74, 6) is 0.516. The summed E-state index contributed by atoms with van der Waals surface area (Å²) >= 11 is 0. The minimum Gasteiger partial charge on any atom is -0.238 e. The summed E-state index contributed by atoms with van der Waals surface area (Å²) in [7, 11) is 0. The van der Waals surface area contributed by atoms with Gasteiger partial charge in [0.2, 0.25) is 0 Å². The Morgan fingerprint density at radius 2 is 0.983 bits per heavy atom. The van der Waals surface area contributed by atoms with Crippen molar-refractivity contribution >= 4 is 81.2 Å². The Morgan fingerprint density at radius 3 is 1.64 bits per heavy atom. The molecule has 264 valence electrons. The van der Waals surface area contributed by atoms with Crippen LogP contribution in [0.1, 0.15) is 5.56 Å². The molecule has 0 saturated carbocycles. The van der Waals surface area contributed by atoms with Gasteiger partial charge >= 0.3 is 0 Å². The van der Waals surface area contributed by atoms with E-state index in [1.54, 1.807) is 6.07 Å². The van der Waals surface area contributed by atoms with Crippen LogP contribution >= 0.6 is 0 Å². The third-order valence-electron chi connectivity index (χ3n) is 12.0. The zero-order valence-corrected chi connectivity index (χ0v) is 31.0. The van der Waals surface area contributed by atoms with E-state index in [2.05, 4.69) is 132 Å². The average molecular weight is 733 g/mol. The highest BCUT2D eigenvalue weighted by atomic mass is 14.9. The number of rotatable bonds is 4. The van der Waals surface area contributed by atoms with Crippen LogP contribution in [0.3, 0.4) is 0 Å². The van der Waals surface area contributed by atoms with Gasteiger partial charge in [0.05, 0.1) is 29.4 Å². The molecule has 0 radical (unpaired) electrons. The molecule has 0 saturated heterocycles. The van der Waals surface area contributed by atoms with Crippen molar-refractivity contribution in [1.82, 2.24) is 9.97 Å². The Labute approximate surface area is 333 Å². The molecule has 0 spiro atoms. The second-order valence-corrected chi connectivity index (χ2v) is 15.1. The Hall–Kier alpha value is -8.18. The van der Waals surface area contributed by atoms with Crippen LogP contribution < -0.4 is 0 Å². The van der Waals surface area contributed by atoms with Gasteiger partial charge in [-0.05, 0) is 117 Å². The van der Waals surface area contributed by atoms with Crippen LogP contribution in [-0.2, 0) is 0 Å². The normalized spacial score (nSPS) is 11.8. The van der Waals surface area contributed by atoms with E-state index < -0.39 is 0 Å². The van der Waals surface area contributed by atoms with Gasteiger partial charge in [-0.25, -0.2) is 14.8 Å². The second kappa shape index (κ2) is 12.2. The van der Waals surface area contributed by atoms with Crippen LogP contribution in [0.2, 0.25) is 0 Å². The maximum atomic E-state index is 9.87. The Bertz CT molecular complexity index is 3740. The van der Waals surface area contributed by atoms with Gasteiger partial charge in [0, 0.05) is 16.5 Å². The minimum atomic E-state index is 0.516. The van der Waals surface area contributed by atoms with Crippen LogP contribution in [-0.4, -0.2) is 9.97 Å². The van der Waals surface area contributed by atoms with E-state index in [0.717, 1.165) is 55.4 Å². The molecule has 0 amide bonds. The average Bonchev–Trinajstić information content (AvgIpc) is 3.29. The van der Waals surface area contributed by atoms with Crippen molar-refractivity contribution in [3.8, 4) is 51.0 Å². The van der Waals surface area contributed by atoms with Crippen molar-refractivity contribution in [1.29, 1.82) is 5.26 Å². The minimum absolute atomic E-state index is 0.516. The SMILES string of the molecule is [C-]#[N+]c1cccc(-c2nc(-c3cccc(C#N)c3)nc3c(-c4ccc5ccc6cccc7ccc4c5c67)cc(-c4ccc5ccc6cccc7ccc4c5c67)cc23)c1. The predicted octanol–water partition coefficient (Wildman–Crippen LogP) is 14.5. The van der Waals surface area contributed by atoms with E-state index in [1.807, 2.05) is 42.5 Å². The highest BCUT2D eigenvalue weighted by molar-refractivity contribution is 6.28. The highest BCUT2D eigenvalue weighted by Crippen LogP contribution is 2.46. The van der Waals surface area contributed by atoms with E-state index in [-0.39, 0.29) is 0 Å². The lowest BCUT2D eigenvalue weighted by Crippen LogP contribution is -1.99. The van der Waals surface area contributed by atoms with Gasteiger partial charge in [-0.1, -0.05) is 140 Å². The molecule has 0 atom stereocenters. The van der Waals surface area contributed by atoms with E-state index in [0.29, 0.717) is 17.1 Å². The fraction of sp³-hybridized carbons (Fsp3) is 0. The van der Waals surface area contributed by atoms with Gasteiger partial charge in [-0.3, -0.25) is 0 Å². The summed E-state index contributed by atoms with van der Waals surface area (Å²) < 4.78 is 0. The molecule has 12 rings (SSSR count). The van der Waals surface area contributed by atoms with E-state index in [4.69, 9.17) is 16.5 Å². The molecule has 0 aliphatic heterocycles. The van der Waals surface area contributed by atoms with Crippen LogP contribution in [0.25, 0.3) is 125 Å². The molecule has 4 nitrogen and oxygen atoms in total. The molecule has 58 heavy (non-hydrogen) atoms. The number of benzene rings is 11. The third kappa shape index (κ3) is 4.67. The van der Waals surface area contributed by atoms with E-state index in [1.165, 1.54) is 59.2 Å². The lowest BCUT2D eigenvalue weighted by molar-refractivity contribution is 1.23. The molecular weight excluding hydrogens is 705 g/mol. The molecule has 4 heteroatoms. The maximum absolute atomic E-state index is 9.87. The molecule has 0 fully saturated rings. The maximum Gasteiger partial charge on any atom is 0.187 e. The van der Waals surface area contributed by atoms with Gasteiger partial charge in [0.1, 0.15) is 0 Å². The quantitative estimate of drug-likeness (QED) is 0.134. The van der Waals surface area contributed by atoms with Crippen LogP contribution in [0.4, 0.5) is 5.69 Å². The van der Waals surface area contributed by atoms with Gasteiger partial charge < -0.3 is 0 Å². The van der Waals surface area contributed by atoms with Gasteiger partial charge in [-0.2, -0.15) is 5.26 Å². The second-order valence-electron chi connectivity index (χ2n) is 15.1. The zero-order chi connectivity index (χ0) is 38.5. The molecule has 0 aliphatic carbocycles. The topological polar surface area (TPSA) is 53.9 Å². The molecule has 1 aromatic heterocycles. The lowest BCUT2D eigenvalue weighted by atomic mass is 9.86. The molecule has 0 aliphatic rings. The smallest absolute Gasteiger partial charge is 0.187 e. The molecule has 0 bridgehead atoms. The standard InChI is InChI=1S/C54H28N4/c1-56-41-13-5-11-38(27-41)52-47-29-40(42-22-18-36-16-14-32-7-3-9-34-20-24-44(42)50(36)48(32)34)28-46(53(47)58-54(57-52)39-12-2-6-31(26-39)30-55)43-23-19-37-17-15-33-8-4-10-35-21-25-45(43)51(37)49(33)35/h2-29H. The Morgan fingerprint density at radius 1 is 0.431 bits per heavy atom. The van der Waals surface area contributed by atoms with E-state index in [9.17, 15) is 5.26 Å². The van der Waals surface area contributed by atoms with Crippen molar-refractivity contribution in [2.75, 3.05) is 0 Å². The van der Waals surface area contributed by atoms with Crippen LogP contribution in [0.15, 0.2) is 170 Å². The van der Waals surface area contributed by atoms with Crippen molar-refractivity contribution < 1.29 is 0 Å². The third-order valence-corrected chi connectivity index (χ3v) is 12.0. The summed E-state index contributed by atoms with van der Waals surface area (Å²) in [5, 5.41) is 25.4.